The van der Waals surface area contributed by atoms with E-state index in [0.717, 1.165) is 22.3 Å². The Bertz CT molecular complexity index is 1330. The first kappa shape index (κ1) is 19.8. The van der Waals surface area contributed by atoms with Gasteiger partial charge in [-0.15, -0.1) is 0 Å². The molecule has 1 aliphatic heterocycles. The molecule has 3 aromatic carbocycles. The number of anilines is 1. The van der Waals surface area contributed by atoms with Gasteiger partial charge in [0.1, 0.15) is 12.1 Å². The molecule has 2 heterocycles. The minimum Gasteiger partial charge on any atom is -0.482 e. The van der Waals surface area contributed by atoms with Gasteiger partial charge in [0.2, 0.25) is 0 Å². The molecule has 7 nitrogen and oxygen atoms in total. The molecule has 2 amide bonds. The fourth-order valence-corrected chi connectivity index (χ4v) is 3.89. The number of benzene rings is 3. The summed E-state index contributed by atoms with van der Waals surface area (Å²) in [7, 11) is 1.78. The minimum atomic E-state index is -0.200. The van der Waals surface area contributed by atoms with Crippen molar-refractivity contribution in [3.63, 3.8) is 0 Å². The number of nitrogens with one attached hydrogen (secondary N) is 1. The zero-order chi connectivity index (χ0) is 22.2. The normalized spacial score (nSPS) is 13.8. The zero-order valence-corrected chi connectivity index (χ0v) is 17.8. The molecule has 0 aliphatic carbocycles. The van der Waals surface area contributed by atoms with Gasteiger partial charge in [0.25, 0.3) is 11.8 Å². The van der Waals surface area contributed by atoms with Gasteiger partial charge in [-0.05, 0) is 55.0 Å². The van der Waals surface area contributed by atoms with Crippen molar-refractivity contribution in [1.82, 2.24) is 14.5 Å². The third-order valence-electron chi connectivity index (χ3n) is 5.87. The lowest BCUT2D eigenvalue weighted by Gasteiger charge is -2.26. The molecule has 1 aliphatic rings. The molecule has 4 aromatic rings. The van der Waals surface area contributed by atoms with Gasteiger partial charge in [-0.3, -0.25) is 14.2 Å². The second kappa shape index (κ2) is 7.85. The molecule has 7 heteroatoms. The van der Waals surface area contributed by atoms with E-state index >= 15 is 0 Å². The second-order valence-corrected chi connectivity index (χ2v) is 7.83. The Morgan fingerprint density at radius 2 is 1.91 bits per heavy atom. The number of nitrogens with zero attached hydrogens (tertiary/aromatic N) is 3. The molecule has 1 aromatic heterocycles. The third kappa shape index (κ3) is 3.47. The molecule has 0 spiro atoms. The van der Waals surface area contributed by atoms with Gasteiger partial charge in [-0.1, -0.05) is 24.3 Å². The van der Waals surface area contributed by atoms with Crippen molar-refractivity contribution in [2.24, 2.45) is 0 Å². The third-order valence-corrected chi connectivity index (χ3v) is 5.87. The standard InChI is InChI=1S/C25H22N4O3/c1-16(28(2)25(31)18-9-12-21-23(13-18)32-14-24(30)27-21)17-7-10-19(11-8-17)29-15-26-20-5-3-4-6-22(20)29/h3-13,15-16H,14H2,1-2H3,(H,27,30). The number of carbonyl (C=O) groups excluding carboxylic acids is 2. The fraction of sp³-hybridized carbons (Fsp3) is 0.160. The minimum absolute atomic E-state index is 0.0462. The number of imidazole rings is 1. The zero-order valence-electron chi connectivity index (χ0n) is 17.8. The SMILES string of the molecule is CC(c1ccc(-n2cnc3ccccc32)cc1)N(C)C(=O)c1ccc2c(c1)OCC(=O)N2. The lowest BCUT2D eigenvalue weighted by Crippen LogP contribution is -2.30. The number of aromatic nitrogens is 2. The van der Waals surface area contributed by atoms with E-state index in [1.54, 1.807) is 30.1 Å². The molecular weight excluding hydrogens is 404 g/mol. The van der Waals surface area contributed by atoms with Crippen molar-refractivity contribution in [2.75, 3.05) is 19.0 Å². The molecule has 160 valence electrons. The largest absolute Gasteiger partial charge is 0.482 e. The second-order valence-electron chi connectivity index (χ2n) is 7.83. The van der Waals surface area contributed by atoms with Crippen molar-refractivity contribution in [3.8, 4) is 11.4 Å². The molecule has 0 radical (unpaired) electrons. The van der Waals surface area contributed by atoms with E-state index in [1.807, 2.05) is 66.3 Å². The molecule has 0 bridgehead atoms. The fourth-order valence-electron chi connectivity index (χ4n) is 3.89. The van der Waals surface area contributed by atoms with Crippen molar-refractivity contribution in [2.45, 2.75) is 13.0 Å². The van der Waals surface area contributed by atoms with Crippen LogP contribution in [0.1, 0.15) is 28.9 Å². The predicted molar refractivity (Wildman–Crippen MR) is 122 cm³/mol. The van der Waals surface area contributed by atoms with Gasteiger partial charge < -0.3 is 15.0 Å². The van der Waals surface area contributed by atoms with Gasteiger partial charge >= 0.3 is 0 Å². The summed E-state index contributed by atoms with van der Waals surface area (Å²) >= 11 is 0. The molecule has 0 saturated carbocycles. The van der Waals surface area contributed by atoms with Crippen LogP contribution < -0.4 is 10.1 Å². The van der Waals surface area contributed by atoms with Crippen LogP contribution in [0.15, 0.2) is 73.1 Å². The van der Waals surface area contributed by atoms with Crippen molar-refractivity contribution in [1.29, 1.82) is 0 Å². The summed E-state index contributed by atoms with van der Waals surface area (Å²) in [6, 6.07) is 21.1. The topological polar surface area (TPSA) is 76.5 Å². The Balaban J connectivity index is 1.35. The lowest BCUT2D eigenvalue weighted by atomic mass is 10.1. The van der Waals surface area contributed by atoms with E-state index in [9.17, 15) is 9.59 Å². The Hall–Kier alpha value is -4.13. The van der Waals surface area contributed by atoms with E-state index in [0.29, 0.717) is 17.0 Å². The summed E-state index contributed by atoms with van der Waals surface area (Å²) in [5, 5.41) is 2.74. The Labute approximate surface area is 185 Å². The molecular formula is C25H22N4O3. The number of hydrogen-bond donors (Lipinski definition) is 1. The molecule has 1 unspecified atom stereocenters. The van der Waals surface area contributed by atoms with Crippen LogP contribution >= 0.6 is 0 Å². The van der Waals surface area contributed by atoms with Gasteiger partial charge in [-0.25, -0.2) is 4.98 Å². The number of fused-ring (bicyclic) bond motifs is 2. The number of carbonyl (C=O) groups is 2. The maximum absolute atomic E-state index is 13.1. The van der Waals surface area contributed by atoms with Crippen LogP contribution in [0.25, 0.3) is 16.7 Å². The molecule has 0 fully saturated rings. The van der Waals surface area contributed by atoms with E-state index in [2.05, 4.69) is 10.3 Å². The van der Waals surface area contributed by atoms with Crippen molar-refractivity contribution >= 4 is 28.5 Å². The van der Waals surface area contributed by atoms with Crippen molar-refractivity contribution < 1.29 is 14.3 Å². The summed E-state index contributed by atoms with van der Waals surface area (Å²) in [6.07, 6.45) is 1.82. The highest BCUT2D eigenvalue weighted by atomic mass is 16.5. The van der Waals surface area contributed by atoms with E-state index in [1.165, 1.54) is 0 Å². The molecule has 1 N–H and O–H groups in total. The monoisotopic (exact) mass is 426 g/mol. The Morgan fingerprint density at radius 3 is 2.72 bits per heavy atom. The average Bonchev–Trinajstić information content (AvgIpc) is 3.26. The molecule has 32 heavy (non-hydrogen) atoms. The summed E-state index contributed by atoms with van der Waals surface area (Å²) in [4.78, 5) is 30.7. The quantitative estimate of drug-likeness (QED) is 0.531. The van der Waals surface area contributed by atoms with Crippen LogP contribution in [-0.2, 0) is 4.79 Å². The number of amides is 2. The van der Waals surface area contributed by atoms with Gasteiger partial charge in [0, 0.05) is 18.3 Å². The predicted octanol–water partition coefficient (Wildman–Crippen LogP) is 4.19. The molecule has 0 saturated heterocycles. The van der Waals surface area contributed by atoms with Crippen LogP contribution in [0.2, 0.25) is 0 Å². The Kier molecular flexibility index (Phi) is 4.86. The van der Waals surface area contributed by atoms with E-state index < -0.39 is 0 Å². The van der Waals surface area contributed by atoms with Gasteiger partial charge in [0.05, 0.1) is 22.8 Å². The number of para-hydroxylation sites is 2. The summed E-state index contributed by atoms with van der Waals surface area (Å²) < 4.78 is 7.49. The summed E-state index contributed by atoms with van der Waals surface area (Å²) in [6.45, 7) is 1.95. The average molecular weight is 426 g/mol. The maximum atomic E-state index is 13.1. The Morgan fingerprint density at radius 1 is 1.12 bits per heavy atom. The molecule has 1 atom stereocenters. The smallest absolute Gasteiger partial charge is 0.262 e. The first-order valence-corrected chi connectivity index (χ1v) is 10.4. The first-order chi connectivity index (χ1) is 15.5. The maximum Gasteiger partial charge on any atom is 0.262 e. The summed E-state index contributed by atoms with van der Waals surface area (Å²) in [5.74, 6) is 0.188. The van der Waals surface area contributed by atoms with E-state index in [4.69, 9.17) is 4.74 Å². The van der Waals surface area contributed by atoms with E-state index in [-0.39, 0.29) is 24.5 Å². The first-order valence-electron chi connectivity index (χ1n) is 10.4. The number of rotatable bonds is 4. The number of ether oxygens (including phenoxy) is 1. The van der Waals surface area contributed by atoms with Crippen molar-refractivity contribution in [3.05, 3.63) is 84.2 Å². The van der Waals surface area contributed by atoms with Gasteiger partial charge in [0.15, 0.2) is 6.61 Å². The van der Waals surface area contributed by atoms with Gasteiger partial charge in [-0.2, -0.15) is 0 Å². The highest BCUT2D eigenvalue weighted by molar-refractivity contribution is 5.99. The lowest BCUT2D eigenvalue weighted by molar-refractivity contribution is -0.118. The van der Waals surface area contributed by atoms with Crippen LogP contribution in [0.3, 0.4) is 0 Å². The summed E-state index contributed by atoms with van der Waals surface area (Å²) in [5.41, 5.74) is 5.12. The van der Waals surface area contributed by atoms with Crippen LogP contribution in [-0.4, -0.2) is 39.9 Å². The highest BCUT2D eigenvalue weighted by Crippen LogP contribution is 2.30. The highest BCUT2D eigenvalue weighted by Gasteiger charge is 2.22. The molecule has 5 rings (SSSR count). The van der Waals surface area contributed by atoms with Crippen LogP contribution in [0.4, 0.5) is 5.69 Å². The van der Waals surface area contributed by atoms with Crippen LogP contribution in [0, 0.1) is 0 Å². The number of hydrogen-bond acceptors (Lipinski definition) is 4. The van der Waals surface area contributed by atoms with Crippen LogP contribution in [0.5, 0.6) is 5.75 Å².